The first-order chi connectivity index (χ1) is 7.49. The Morgan fingerprint density at radius 3 is 2.69 bits per heavy atom. The minimum Gasteiger partial charge on any atom is -0.394 e. The lowest BCUT2D eigenvalue weighted by Gasteiger charge is -2.33. The maximum atomic E-state index is 9.27. The molecule has 2 N–H and O–H groups in total. The lowest BCUT2D eigenvalue weighted by Crippen LogP contribution is -2.43. The van der Waals surface area contributed by atoms with E-state index in [1.165, 1.54) is 0 Å². The molecule has 0 aromatic carbocycles. The van der Waals surface area contributed by atoms with Crippen molar-refractivity contribution in [3.8, 4) is 0 Å². The van der Waals surface area contributed by atoms with Crippen molar-refractivity contribution in [3.63, 3.8) is 0 Å². The molecule has 0 aliphatic rings. The summed E-state index contributed by atoms with van der Waals surface area (Å²) in [6.45, 7) is 4.88. The van der Waals surface area contributed by atoms with Crippen LogP contribution in [0.1, 0.15) is 19.5 Å². The van der Waals surface area contributed by atoms with Gasteiger partial charge in [-0.1, -0.05) is 6.07 Å². The average molecular weight is 223 g/mol. The van der Waals surface area contributed by atoms with E-state index in [9.17, 15) is 5.11 Å². The number of hydrogen-bond acceptors (Lipinski definition) is 4. The number of rotatable bonds is 5. The van der Waals surface area contributed by atoms with Crippen LogP contribution in [0.4, 0.5) is 5.82 Å². The van der Waals surface area contributed by atoms with Crippen LogP contribution in [0.25, 0.3) is 0 Å². The Kier molecular flexibility index (Phi) is 4.26. The van der Waals surface area contributed by atoms with Crippen molar-refractivity contribution >= 4 is 5.82 Å². The van der Waals surface area contributed by atoms with Gasteiger partial charge in [0.15, 0.2) is 0 Å². The van der Waals surface area contributed by atoms with Crippen LogP contribution in [0.15, 0.2) is 18.2 Å². The Bertz CT molecular complexity index is 339. The zero-order valence-corrected chi connectivity index (χ0v) is 10.5. The van der Waals surface area contributed by atoms with Crippen LogP contribution in [0.5, 0.6) is 0 Å². The van der Waals surface area contributed by atoms with E-state index in [1.807, 2.05) is 46.1 Å². The second-order valence-corrected chi connectivity index (χ2v) is 4.59. The first-order valence-corrected chi connectivity index (χ1v) is 5.45. The molecular weight excluding hydrogens is 202 g/mol. The summed E-state index contributed by atoms with van der Waals surface area (Å²) in [7, 11) is 3.84. The fourth-order valence-corrected chi connectivity index (χ4v) is 1.28. The third-order valence-corrected chi connectivity index (χ3v) is 2.88. The number of aliphatic hydroxyl groups excluding tert-OH is 1. The van der Waals surface area contributed by atoms with Crippen LogP contribution in [0, 0.1) is 0 Å². The van der Waals surface area contributed by atoms with Crippen LogP contribution in [0.2, 0.25) is 0 Å². The molecule has 0 bridgehead atoms. The zero-order valence-electron chi connectivity index (χ0n) is 10.5. The molecule has 90 valence electrons. The van der Waals surface area contributed by atoms with E-state index in [0.717, 1.165) is 18.1 Å². The van der Waals surface area contributed by atoms with Crippen molar-refractivity contribution in [2.45, 2.75) is 25.9 Å². The standard InChI is InChI=1S/C12H21N3O/c1-12(2,9-16)15(4)8-10-6-5-7-11(13-3)14-10/h5-7,16H,8-9H2,1-4H3,(H,13,14). The van der Waals surface area contributed by atoms with Crippen molar-refractivity contribution < 1.29 is 5.11 Å². The van der Waals surface area contributed by atoms with Crippen molar-refractivity contribution in [2.75, 3.05) is 26.0 Å². The average Bonchev–Trinajstić information content (AvgIpc) is 2.29. The van der Waals surface area contributed by atoms with E-state index in [4.69, 9.17) is 0 Å². The summed E-state index contributed by atoms with van der Waals surface area (Å²) >= 11 is 0. The van der Waals surface area contributed by atoms with Gasteiger partial charge in [-0.05, 0) is 33.0 Å². The summed E-state index contributed by atoms with van der Waals surface area (Å²) in [5.41, 5.74) is 0.771. The predicted molar refractivity (Wildman–Crippen MR) is 66.4 cm³/mol. The second-order valence-electron chi connectivity index (χ2n) is 4.59. The molecule has 0 spiro atoms. The number of aromatic nitrogens is 1. The topological polar surface area (TPSA) is 48.4 Å². The van der Waals surface area contributed by atoms with Crippen molar-refractivity contribution in [1.29, 1.82) is 0 Å². The van der Waals surface area contributed by atoms with Crippen molar-refractivity contribution in [3.05, 3.63) is 23.9 Å². The number of pyridine rings is 1. The van der Waals surface area contributed by atoms with Crippen LogP contribution in [0.3, 0.4) is 0 Å². The lowest BCUT2D eigenvalue weighted by atomic mass is 10.1. The molecule has 4 nitrogen and oxygen atoms in total. The van der Waals surface area contributed by atoms with E-state index in [0.29, 0.717) is 0 Å². The molecule has 0 unspecified atom stereocenters. The summed E-state index contributed by atoms with van der Waals surface area (Å²) in [6, 6.07) is 5.90. The summed E-state index contributed by atoms with van der Waals surface area (Å²) in [5.74, 6) is 0.868. The Morgan fingerprint density at radius 2 is 2.12 bits per heavy atom. The second kappa shape index (κ2) is 5.27. The highest BCUT2D eigenvalue weighted by Crippen LogP contribution is 2.14. The Balaban J connectivity index is 2.72. The molecule has 1 heterocycles. The van der Waals surface area contributed by atoms with Crippen LogP contribution in [-0.2, 0) is 6.54 Å². The van der Waals surface area contributed by atoms with Gasteiger partial charge < -0.3 is 10.4 Å². The minimum absolute atomic E-state index is 0.134. The first-order valence-electron chi connectivity index (χ1n) is 5.45. The molecule has 0 saturated carbocycles. The number of aliphatic hydroxyl groups is 1. The monoisotopic (exact) mass is 223 g/mol. The molecule has 16 heavy (non-hydrogen) atoms. The SMILES string of the molecule is CNc1cccc(CN(C)C(C)(C)CO)n1. The van der Waals surface area contributed by atoms with Gasteiger partial charge in [-0.25, -0.2) is 4.98 Å². The molecule has 0 atom stereocenters. The van der Waals surface area contributed by atoms with Crippen LogP contribution < -0.4 is 5.32 Å². The quantitative estimate of drug-likeness (QED) is 0.790. The van der Waals surface area contributed by atoms with Gasteiger partial charge in [0.05, 0.1) is 12.3 Å². The summed E-state index contributed by atoms with van der Waals surface area (Å²) in [6.07, 6.45) is 0. The van der Waals surface area contributed by atoms with Crippen LogP contribution in [-0.4, -0.2) is 41.2 Å². The van der Waals surface area contributed by atoms with E-state index in [2.05, 4.69) is 15.2 Å². The van der Waals surface area contributed by atoms with Gasteiger partial charge in [-0.15, -0.1) is 0 Å². The highest BCUT2D eigenvalue weighted by molar-refractivity contribution is 5.34. The predicted octanol–water partition coefficient (Wildman–Crippen LogP) is 1.33. The maximum Gasteiger partial charge on any atom is 0.126 e. The molecule has 1 aromatic heterocycles. The fraction of sp³-hybridized carbons (Fsp3) is 0.583. The van der Waals surface area contributed by atoms with Gasteiger partial charge in [0, 0.05) is 19.1 Å². The molecule has 1 aromatic rings. The summed E-state index contributed by atoms with van der Waals surface area (Å²) in [5, 5.41) is 12.3. The van der Waals surface area contributed by atoms with Gasteiger partial charge in [0.25, 0.3) is 0 Å². The molecule has 0 fully saturated rings. The van der Waals surface area contributed by atoms with Crippen LogP contribution >= 0.6 is 0 Å². The molecule has 4 heteroatoms. The highest BCUT2D eigenvalue weighted by Gasteiger charge is 2.22. The minimum atomic E-state index is -0.225. The van der Waals surface area contributed by atoms with Gasteiger partial charge >= 0.3 is 0 Å². The van der Waals surface area contributed by atoms with Gasteiger partial charge in [0.2, 0.25) is 0 Å². The molecular formula is C12H21N3O. The Labute approximate surface area is 97.3 Å². The highest BCUT2D eigenvalue weighted by atomic mass is 16.3. The molecule has 0 aliphatic heterocycles. The van der Waals surface area contributed by atoms with Gasteiger partial charge in [-0.3, -0.25) is 4.90 Å². The number of nitrogens with zero attached hydrogens (tertiary/aromatic N) is 2. The summed E-state index contributed by atoms with van der Waals surface area (Å²) < 4.78 is 0. The molecule has 0 radical (unpaired) electrons. The summed E-state index contributed by atoms with van der Waals surface area (Å²) in [4.78, 5) is 6.54. The lowest BCUT2D eigenvalue weighted by molar-refractivity contribution is 0.0725. The maximum absolute atomic E-state index is 9.27. The van der Waals surface area contributed by atoms with E-state index >= 15 is 0 Å². The smallest absolute Gasteiger partial charge is 0.126 e. The third-order valence-electron chi connectivity index (χ3n) is 2.88. The van der Waals surface area contributed by atoms with E-state index in [-0.39, 0.29) is 12.1 Å². The van der Waals surface area contributed by atoms with Crippen molar-refractivity contribution in [1.82, 2.24) is 9.88 Å². The number of anilines is 1. The molecule has 0 aliphatic carbocycles. The Morgan fingerprint density at radius 1 is 1.44 bits per heavy atom. The Hall–Kier alpha value is -1.13. The third kappa shape index (κ3) is 3.18. The van der Waals surface area contributed by atoms with Crippen molar-refractivity contribution in [2.24, 2.45) is 0 Å². The molecule has 0 amide bonds. The van der Waals surface area contributed by atoms with E-state index < -0.39 is 0 Å². The number of likely N-dealkylation sites (N-methyl/N-ethyl adjacent to an activating group) is 1. The first kappa shape index (κ1) is 12.9. The normalized spacial score (nSPS) is 11.9. The zero-order chi connectivity index (χ0) is 12.2. The molecule has 0 saturated heterocycles. The largest absolute Gasteiger partial charge is 0.394 e. The number of nitrogens with one attached hydrogen (secondary N) is 1. The molecule has 1 rings (SSSR count). The van der Waals surface area contributed by atoms with Gasteiger partial charge in [-0.2, -0.15) is 0 Å². The number of hydrogen-bond donors (Lipinski definition) is 2. The van der Waals surface area contributed by atoms with E-state index in [1.54, 1.807) is 0 Å². The fourth-order valence-electron chi connectivity index (χ4n) is 1.28. The van der Waals surface area contributed by atoms with Gasteiger partial charge in [0.1, 0.15) is 5.82 Å².